The highest BCUT2D eigenvalue weighted by Crippen LogP contribution is 2.38. The minimum Gasteiger partial charge on any atom is -0.468 e. The van der Waals surface area contributed by atoms with Crippen LogP contribution in [0.15, 0.2) is 12.1 Å². The zero-order valence-electron chi connectivity index (χ0n) is 12.2. The molecule has 21 heavy (non-hydrogen) atoms. The molecule has 7 heteroatoms. The van der Waals surface area contributed by atoms with Crippen LogP contribution in [0.2, 0.25) is 0 Å². The second kappa shape index (κ2) is 5.59. The molecule has 114 valence electrons. The summed E-state index contributed by atoms with van der Waals surface area (Å²) in [6, 6.07) is 3.10. The fourth-order valence-electron chi connectivity index (χ4n) is 2.84. The van der Waals surface area contributed by atoms with Gasteiger partial charge in [0, 0.05) is 12.2 Å². The molecule has 0 spiro atoms. The van der Waals surface area contributed by atoms with Crippen molar-refractivity contribution in [3.63, 3.8) is 0 Å². The Morgan fingerprint density at radius 1 is 1.05 bits per heavy atom. The minimum absolute atomic E-state index is 0.275. The van der Waals surface area contributed by atoms with E-state index in [2.05, 4.69) is 0 Å². The van der Waals surface area contributed by atoms with Gasteiger partial charge in [0.1, 0.15) is 5.69 Å². The lowest BCUT2D eigenvalue weighted by molar-refractivity contribution is -0.163. The number of rotatable bonds is 3. The van der Waals surface area contributed by atoms with Gasteiger partial charge in [-0.1, -0.05) is 0 Å². The molecule has 0 bridgehead atoms. The van der Waals surface area contributed by atoms with Gasteiger partial charge < -0.3 is 18.8 Å². The number of ether oxygens (including phenoxy) is 3. The SMILES string of the molecule is COC(=O)c1ccc2n1CCCC2(C(=O)OC)C(=O)OC. The van der Waals surface area contributed by atoms with Gasteiger partial charge in [0.05, 0.1) is 21.3 Å². The summed E-state index contributed by atoms with van der Waals surface area (Å²) < 4.78 is 15.9. The Kier molecular flexibility index (Phi) is 4.02. The molecular formula is C14H17NO6. The summed E-state index contributed by atoms with van der Waals surface area (Å²) >= 11 is 0. The van der Waals surface area contributed by atoms with Crippen molar-refractivity contribution >= 4 is 17.9 Å². The van der Waals surface area contributed by atoms with Crippen LogP contribution in [-0.2, 0) is 35.8 Å². The van der Waals surface area contributed by atoms with Crippen molar-refractivity contribution in [1.82, 2.24) is 4.57 Å². The number of fused-ring (bicyclic) bond motifs is 1. The van der Waals surface area contributed by atoms with Crippen LogP contribution in [0.3, 0.4) is 0 Å². The van der Waals surface area contributed by atoms with E-state index in [4.69, 9.17) is 14.2 Å². The molecule has 1 aromatic rings. The molecular weight excluding hydrogens is 278 g/mol. The van der Waals surface area contributed by atoms with Crippen LogP contribution in [0.25, 0.3) is 0 Å². The third-order valence-corrected chi connectivity index (χ3v) is 3.81. The first-order chi connectivity index (χ1) is 10.0. The standard InChI is InChI=1S/C14H17NO6/c1-19-11(16)9-5-6-10-14(12(17)20-2,13(18)21-3)7-4-8-15(9)10/h5-6H,4,7-8H2,1-3H3. The van der Waals surface area contributed by atoms with Gasteiger partial charge in [-0.05, 0) is 25.0 Å². The third-order valence-electron chi connectivity index (χ3n) is 3.81. The summed E-state index contributed by atoms with van der Waals surface area (Å²) in [4.78, 5) is 36.3. The maximum atomic E-state index is 12.2. The summed E-state index contributed by atoms with van der Waals surface area (Å²) in [5.74, 6) is -1.90. The van der Waals surface area contributed by atoms with Crippen LogP contribution in [-0.4, -0.2) is 43.8 Å². The fourth-order valence-corrected chi connectivity index (χ4v) is 2.84. The van der Waals surface area contributed by atoms with Gasteiger partial charge in [-0.2, -0.15) is 0 Å². The van der Waals surface area contributed by atoms with Gasteiger partial charge in [-0.3, -0.25) is 9.59 Å². The Labute approximate surface area is 121 Å². The lowest BCUT2D eigenvalue weighted by atomic mass is 9.77. The van der Waals surface area contributed by atoms with E-state index in [1.54, 1.807) is 10.6 Å². The summed E-state index contributed by atoms with van der Waals surface area (Å²) in [5.41, 5.74) is -0.842. The Morgan fingerprint density at radius 2 is 1.67 bits per heavy atom. The first-order valence-electron chi connectivity index (χ1n) is 6.48. The van der Waals surface area contributed by atoms with Gasteiger partial charge in [0.25, 0.3) is 0 Å². The van der Waals surface area contributed by atoms with Crippen molar-refractivity contribution in [2.24, 2.45) is 0 Å². The van der Waals surface area contributed by atoms with Crippen LogP contribution >= 0.6 is 0 Å². The summed E-state index contributed by atoms with van der Waals surface area (Å²) in [7, 11) is 3.71. The van der Waals surface area contributed by atoms with E-state index in [9.17, 15) is 14.4 Å². The van der Waals surface area contributed by atoms with E-state index in [1.807, 2.05) is 0 Å². The number of esters is 3. The van der Waals surface area contributed by atoms with Crippen molar-refractivity contribution in [3.8, 4) is 0 Å². The van der Waals surface area contributed by atoms with E-state index in [0.29, 0.717) is 24.4 Å². The predicted molar refractivity (Wildman–Crippen MR) is 70.7 cm³/mol. The normalized spacial score (nSPS) is 15.8. The lowest BCUT2D eigenvalue weighted by Crippen LogP contribution is -2.49. The number of methoxy groups -OCH3 is 3. The van der Waals surface area contributed by atoms with Crippen LogP contribution in [0.5, 0.6) is 0 Å². The largest absolute Gasteiger partial charge is 0.468 e. The molecule has 0 saturated carbocycles. The molecule has 1 aromatic heterocycles. The second-order valence-electron chi connectivity index (χ2n) is 4.74. The summed E-state index contributed by atoms with van der Waals surface area (Å²) in [6.45, 7) is 0.516. The van der Waals surface area contributed by atoms with Gasteiger partial charge in [0.2, 0.25) is 5.41 Å². The highest BCUT2D eigenvalue weighted by Gasteiger charge is 2.53. The number of nitrogens with zero attached hydrogens (tertiary/aromatic N) is 1. The highest BCUT2D eigenvalue weighted by atomic mass is 16.5. The molecule has 0 atom stereocenters. The Balaban J connectivity index is 2.63. The number of carbonyl (C=O) groups excluding carboxylic acids is 3. The molecule has 0 unspecified atom stereocenters. The molecule has 1 aliphatic heterocycles. The third kappa shape index (κ3) is 2.09. The van der Waals surface area contributed by atoms with E-state index in [0.717, 1.165) is 0 Å². The maximum Gasteiger partial charge on any atom is 0.354 e. The first kappa shape index (κ1) is 15.1. The summed E-state index contributed by atoms with van der Waals surface area (Å²) in [5, 5.41) is 0. The Bertz CT molecular complexity index is 572. The smallest absolute Gasteiger partial charge is 0.354 e. The zero-order chi connectivity index (χ0) is 15.6. The van der Waals surface area contributed by atoms with E-state index < -0.39 is 23.3 Å². The number of hydrogen-bond acceptors (Lipinski definition) is 6. The molecule has 0 amide bonds. The van der Waals surface area contributed by atoms with Crippen LogP contribution in [0.1, 0.15) is 29.0 Å². The second-order valence-corrected chi connectivity index (χ2v) is 4.74. The fraction of sp³-hybridized carbons (Fsp3) is 0.500. The molecule has 7 nitrogen and oxygen atoms in total. The van der Waals surface area contributed by atoms with Crippen molar-refractivity contribution in [3.05, 3.63) is 23.5 Å². The van der Waals surface area contributed by atoms with Crippen LogP contribution in [0, 0.1) is 0 Å². The molecule has 2 heterocycles. The van der Waals surface area contributed by atoms with E-state index >= 15 is 0 Å². The Morgan fingerprint density at radius 3 is 2.19 bits per heavy atom. The van der Waals surface area contributed by atoms with Crippen LogP contribution < -0.4 is 0 Å². The highest BCUT2D eigenvalue weighted by molar-refractivity contribution is 6.06. The topological polar surface area (TPSA) is 83.8 Å². The number of aromatic nitrogens is 1. The Hall–Kier alpha value is -2.31. The van der Waals surface area contributed by atoms with Crippen molar-refractivity contribution in [2.75, 3.05) is 21.3 Å². The van der Waals surface area contributed by atoms with Crippen molar-refractivity contribution < 1.29 is 28.6 Å². The zero-order valence-corrected chi connectivity index (χ0v) is 12.2. The minimum atomic E-state index is -1.53. The van der Waals surface area contributed by atoms with E-state index in [-0.39, 0.29) is 6.42 Å². The predicted octanol–water partition coefficient (Wildman–Crippen LogP) is 0.652. The summed E-state index contributed by atoms with van der Waals surface area (Å²) in [6.07, 6.45) is 0.812. The monoisotopic (exact) mass is 295 g/mol. The van der Waals surface area contributed by atoms with Crippen LogP contribution in [0.4, 0.5) is 0 Å². The molecule has 0 aliphatic carbocycles. The van der Waals surface area contributed by atoms with Crippen molar-refractivity contribution in [2.45, 2.75) is 24.8 Å². The van der Waals surface area contributed by atoms with Gasteiger partial charge in [-0.25, -0.2) is 4.79 Å². The molecule has 1 aliphatic rings. The van der Waals surface area contributed by atoms with Crippen molar-refractivity contribution in [1.29, 1.82) is 0 Å². The van der Waals surface area contributed by atoms with Gasteiger partial charge >= 0.3 is 17.9 Å². The average molecular weight is 295 g/mol. The lowest BCUT2D eigenvalue weighted by Gasteiger charge is -2.33. The molecule has 2 rings (SSSR count). The molecule has 0 aromatic carbocycles. The molecule has 0 saturated heterocycles. The average Bonchev–Trinajstić information content (AvgIpc) is 2.96. The molecule has 0 radical (unpaired) electrons. The molecule has 0 N–H and O–H groups in total. The quantitative estimate of drug-likeness (QED) is 0.462. The first-order valence-corrected chi connectivity index (χ1v) is 6.48. The van der Waals surface area contributed by atoms with Gasteiger partial charge in [0.15, 0.2) is 0 Å². The molecule has 0 fully saturated rings. The number of carbonyl (C=O) groups is 3. The maximum absolute atomic E-state index is 12.2. The number of hydrogen-bond donors (Lipinski definition) is 0. The van der Waals surface area contributed by atoms with E-state index in [1.165, 1.54) is 27.4 Å². The van der Waals surface area contributed by atoms with Gasteiger partial charge in [-0.15, -0.1) is 0 Å².